The van der Waals surface area contributed by atoms with E-state index in [4.69, 9.17) is 11.6 Å². The minimum Gasteiger partial charge on any atom is -0.366 e. The number of pyridine rings is 1. The van der Waals surface area contributed by atoms with Crippen LogP contribution in [0.5, 0.6) is 0 Å². The van der Waals surface area contributed by atoms with Gasteiger partial charge in [0.15, 0.2) is 11.6 Å². The van der Waals surface area contributed by atoms with E-state index in [1.165, 1.54) is 19.2 Å². The van der Waals surface area contributed by atoms with E-state index in [0.29, 0.717) is 24.9 Å². The lowest BCUT2D eigenvalue weighted by Gasteiger charge is -2.40. The molecule has 1 fully saturated rings. The number of likely N-dealkylation sites (tertiary alicyclic amines) is 1. The molecular formula is C29H30ClF3N4O2. The zero-order chi connectivity index (χ0) is 28.2. The number of rotatable bonds is 4. The molecule has 1 N–H and O–H groups in total. The molecule has 1 saturated heterocycles. The average Bonchev–Trinajstić information content (AvgIpc) is 3.02. The van der Waals surface area contributed by atoms with Crippen molar-refractivity contribution in [1.82, 2.24) is 14.8 Å². The summed E-state index contributed by atoms with van der Waals surface area (Å²) in [4.78, 5) is 31.7. The van der Waals surface area contributed by atoms with Gasteiger partial charge in [0, 0.05) is 54.8 Å². The first-order valence-corrected chi connectivity index (χ1v) is 13.2. The Bertz CT molecular complexity index is 1320. The third-order valence-corrected chi connectivity index (χ3v) is 7.37. The van der Waals surface area contributed by atoms with Crippen LogP contribution in [-0.2, 0) is 9.59 Å². The number of alkyl halides is 2. The molecule has 0 bridgehead atoms. The minimum atomic E-state index is -3.12. The molecule has 2 aromatic rings. The molecule has 2 unspecified atom stereocenters. The molecule has 0 saturated carbocycles. The molecule has 0 spiro atoms. The van der Waals surface area contributed by atoms with Gasteiger partial charge in [0.1, 0.15) is 5.70 Å². The number of hydrogen-bond acceptors (Lipinski definition) is 4. The van der Waals surface area contributed by atoms with Gasteiger partial charge in [-0.25, -0.2) is 18.2 Å². The molecule has 2 aliphatic rings. The Morgan fingerprint density at radius 2 is 1.87 bits per heavy atom. The molecule has 2 amide bonds. The van der Waals surface area contributed by atoms with E-state index < -0.39 is 36.0 Å². The molecule has 206 valence electrons. The van der Waals surface area contributed by atoms with Crippen molar-refractivity contribution < 1.29 is 22.8 Å². The number of hydrogen-bond donors (Lipinski definition) is 1. The Kier molecular flexibility index (Phi) is 8.86. The van der Waals surface area contributed by atoms with Crippen molar-refractivity contribution in [3.8, 4) is 11.8 Å². The summed E-state index contributed by atoms with van der Waals surface area (Å²) in [6, 6.07) is 10.4. The number of amides is 2. The van der Waals surface area contributed by atoms with Crippen LogP contribution in [-0.4, -0.2) is 58.7 Å². The maximum Gasteiger partial charge on any atom is 0.274 e. The number of carbonyl (C=O) groups is 2. The van der Waals surface area contributed by atoms with Crippen LogP contribution in [0.15, 0.2) is 53.3 Å². The molecule has 1 aromatic carbocycles. The minimum absolute atomic E-state index is 0.0416. The van der Waals surface area contributed by atoms with Crippen LogP contribution in [0.4, 0.5) is 19.0 Å². The molecule has 39 heavy (non-hydrogen) atoms. The van der Waals surface area contributed by atoms with Crippen LogP contribution in [0.1, 0.15) is 44.2 Å². The number of halogens is 4. The van der Waals surface area contributed by atoms with Crippen molar-refractivity contribution in [3.63, 3.8) is 0 Å². The molecule has 4 rings (SSSR count). The predicted octanol–water partition coefficient (Wildman–Crippen LogP) is 5.25. The number of nitrogens with zero attached hydrogens (tertiary/aromatic N) is 3. The van der Waals surface area contributed by atoms with Gasteiger partial charge in [-0.3, -0.25) is 9.59 Å². The van der Waals surface area contributed by atoms with Crippen molar-refractivity contribution in [3.05, 3.63) is 70.3 Å². The summed E-state index contributed by atoms with van der Waals surface area (Å²) in [6.07, 6.45) is 2.48. The predicted molar refractivity (Wildman–Crippen MR) is 143 cm³/mol. The fraction of sp³-hybridized carbons (Fsp3) is 0.414. The van der Waals surface area contributed by atoms with Gasteiger partial charge in [-0.05, 0) is 43.4 Å². The quantitative estimate of drug-likeness (QED) is 0.521. The molecule has 2 aliphatic heterocycles. The van der Waals surface area contributed by atoms with Gasteiger partial charge in [0.05, 0.1) is 6.54 Å². The number of anilines is 1. The zero-order valence-corrected chi connectivity index (χ0v) is 22.6. The summed E-state index contributed by atoms with van der Waals surface area (Å²) in [5.41, 5.74) is 1.13. The van der Waals surface area contributed by atoms with Crippen molar-refractivity contribution in [1.29, 1.82) is 0 Å². The smallest absolute Gasteiger partial charge is 0.274 e. The first kappa shape index (κ1) is 28.5. The van der Waals surface area contributed by atoms with Gasteiger partial charge < -0.3 is 15.1 Å². The summed E-state index contributed by atoms with van der Waals surface area (Å²) >= 11 is 6.56. The first-order chi connectivity index (χ1) is 18.5. The monoisotopic (exact) mass is 558 g/mol. The molecule has 6 nitrogen and oxygen atoms in total. The van der Waals surface area contributed by atoms with Crippen LogP contribution in [0, 0.1) is 29.5 Å². The average molecular weight is 559 g/mol. The Hall–Kier alpha value is -3.51. The van der Waals surface area contributed by atoms with Gasteiger partial charge in [0.2, 0.25) is 5.91 Å². The standard InChI is InChI=1S/C29H30ClF3N4O2/c1-19-10-12-36(17-23-11-13-37(20(2)38)18-29(23,32)33)26(24(30)14-19)28(39)35-27-25(31)15-22(16-34-27)9-8-21-6-4-3-5-7-21/h3-7,15-16,19,23H,10-14,17-18H2,1-2H3,(H,34,35,39). The van der Waals surface area contributed by atoms with Gasteiger partial charge in [-0.2, -0.15) is 0 Å². The summed E-state index contributed by atoms with van der Waals surface area (Å²) in [5, 5.41) is 2.70. The highest BCUT2D eigenvalue weighted by molar-refractivity contribution is 6.32. The van der Waals surface area contributed by atoms with E-state index in [9.17, 15) is 14.0 Å². The fourth-order valence-electron chi connectivity index (χ4n) is 4.79. The number of carbonyl (C=O) groups excluding carboxylic acids is 2. The first-order valence-electron chi connectivity index (χ1n) is 12.8. The molecule has 10 heteroatoms. The highest BCUT2D eigenvalue weighted by atomic mass is 35.5. The van der Waals surface area contributed by atoms with E-state index in [0.717, 1.165) is 10.5 Å². The second-order valence-corrected chi connectivity index (χ2v) is 10.6. The highest BCUT2D eigenvalue weighted by Crippen LogP contribution is 2.36. The van der Waals surface area contributed by atoms with Crippen LogP contribution in [0.2, 0.25) is 0 Å². The van der Waals surface area contributed by atoms with Crippen molar-refractivity contribution in [2.24, 2.45) is 11.8 Å². The second kappa shape index (κ2) is 12.1. The Labute approximate surface area is 231 Å². The third-order valence-electron chi connectivity index (χ3n) is 7.04. The third kappa shape index (κ3) is 7.12. The lowest BCUT2D eigenvalue weighted by molar-refractivity contribution is -0.149. The second-order valence-electron chi connectivity index (χ2n) is 10.1. The number of aromatic nitrogens is 1. The van der Waals surface area contributed by atoms with E-state index in [2.05, 4.69) is 22.1 Å². The van der Waals surface area contributed by atoms with E-state index >= 15 is 8.78 Å². The topological polar surface area (TPSA) is 65.5 Å². The number of benzene rings is 1. The van der Waals surface area contributed by atoms with Crippen molar-refractivity contribution >= 4 is 29.2 Å². The lowest BCUT2D eigenvalue weighted by atomic mass is 9.91. The summed E-state index contributed by atoms with van der Waals surface area (Å²) in [6.45, 7) is 3.02. The highest BCUT2D eigenvalue weighted by Gasteiger charge is 2.46. The van der Waals surface area contributed by atoms with E-state index in [1.54, 1.807) is 4.90 Å². The summed E-state index contributed by atoms with van der Waals surface area (Å²) < 4.78 is 44.9. The number of nitrogens with one attached hydrogen (secondary N) is 1. The number of allylic oxidation sites excluding steroid dienone is 1. The molecule has 2 atom stereocenters. The van der Waals surface area contributed by atoms with Gasteiger partial charge >= 0.3 is 0 Å². The van der Waals surface area contributed by atoms with Gasteiger partial charge in [-0.1, -0.05) is 48.6 Å². The molecule has 3 heterocycles. The van der Waals surface area contributed by atoms with Crippen molar-refractivity contribution in [2.75, 3.05) is 31.5 Å². The van der Waals surface area contributed by atoms with E-state index in [1.807, 2.05) is 37.3 Å². The Morgan fingerprint density at radius 1 is 1.15 bits per heavy atom. The van der Waals surface area contributed by atoms with Crippen molar-refractivity contribution in [2.45, 2.75) is 39.0 Å². The summed E-state index contributed by atoms with van der Waals surface area (Å²) in [7, 11) is 0. The van der Waals surface area contributed by atoms with Crippen LogP contribution >= 0.6 is 11.6 Å². The van der Waals surface area contributed by atoms with Crippen LogP contribution in [0.3, 0.4) is 0 Å². The molecule has 1 aromatic heterocycles. The Morgan fingerprint density at radius 3 is 2.54 bits per heavy atom. The largest absolute Gasteiger partial charge is 0.366 e. The SMILES string of the molecule is CC(=O)N1CCC(CN2CCC(C)CC(Cl)=C2C(=O)Nc2ncc(C#Cc3ccccc3)cc2F)C(F)(F)C1. The van der Waals surface area contributed by atoms with Crippen LogP contribution in [0.25, 0.3) is 0 Å². The van der Waals surface area contributed by atoms with E-state index in [-0.39, 0.29) is 42.0 Å². The van der Waals surface area contributed by atoms with Gasteiger partial charge in [-0.15, -0.1) is 0 Å². The maximum absolute atomic E-state index is 15.0. The lowest BCUT2D eigenvalue weighted by Crippen LogP contribution is -2.53. The maximum atomic E-state index is 15.0. The Balaban J connectivity index is 1.52. The molecular weight excluding hydrogens is 529 g/mol. The molecule has 0 aliphatic carbocycles. The van der Waals surface area contributed by atoms with Crippen LogP contribution < -0.4 is 5.32 Å². The normalized spacial score (nSPS) is 21.1. The van der Waals surface area contributed by atoms with Gasteiger partial charge in [0.25, 0.3) is 11.8 Å². The number of piperidine rings is 1. The summed E-state index contributed by atoms with van der Waals surface area (Å²) in [5.74, 6) is -0.518. The zero-order valence-electron chi connectivity index (χ0n) is 21.8. The molecule has 0 radical (unpaired) electrons. The fourth-order valence-corrected chi connectivity index (χ4v) is 5.26.